The molecule has 1 radical (unpaired) electrons. The second kappa shape index (κ2) is 5.39. The molecular formula is C6H12ClO. The van der Waals surface area contributed by atoms with Gasteiger partial charge in [0.25, 0.3) is 0 Å². The Labute approximate surface area is 56.0 Å². The first kappa shape index (κ1) is 8.25. The van der Waals surface area contributed by atoms with Crippen LogP contribution in [0.3, 0.4) is 0 Å². The molecule has 0 saturated heterocycles. The van der Waals surface area contributed by atoms with Crippen LogP contribution in [-0.2, 0) is 4.74 Å². The van der Waals surface area contributed by atoms with Gasteiger partial charge in [0.1, 0.15) is 0 Å². The molecule has 0 fully saturated rings. The van der Waals surface area contributed by atoms with Gasteiger partial charge in [0.15, 0.2) is 0 Å². The zero-order valence-corrected chi connectivity index (χ0v) is 6.11. The highest BCUT2D eigenvalue weighted by Gasteiger charge is 1.93. The SMILES string of the molecule is C[CH]OCCC(C)Cl. The van der Waals surface area contributed by atoms with Gasteiger partial charge in [0.2, 0.25) is 0 Å². The molecule has 0 bridgehead atoms. The Kier molecular flexibility index (Phi) is 5.56. The lowest BCUT2D eigenvalue weighted by molar-refractivity contribution is 0.200. The maximum absolute atomic E-state index is 5.62. The number of ether oxygens (including phenoxy) is 1. The Morgan fingerprint density at radius 2 is 2.38 bits per heavy atom. The van der Waals surface area contributed by atoms with Gasteiger partial charge in [-0.15, -0.1) is 11.6 Å². The molecule has 0 saturated carbocycles. The smallest absolute Gasteiger partial charge is 0.0805 e. The first-order chi connectivity index (χ1) is 3.77. The third-order valence-electron chi connectivity index (χ3n) is 0.800. The summed E-state index contributed by atoms with van der Waals surface area (Å²) in [5.74, 6) is 0. The molecule has 0 spiro atoms. The summed E-state index contributed by atoms with van der Waals surface area (Å²) in [4.78, 5) is 0. The van der Waals surface area contributed by atoms with Gasteiger partial charge in [-0.2, -0.15) is 0 Å². The van der Waals surface area contributed by atoms with Gasteiger partial charge in [-0.1, -0.05) is 0 Å². The first-order valence-corrected chi connectivity index (χ1v) is 3.24. The third kappa shape index (κ3) is 6.25. The number of halogens is 1. The summed E-state index contributed by atoms with van der Waals surface area (Å²) in [7, 11) is 0. The molecule has 0 aromatic carbocycles. The van der Waals surface area contributed by atoms with E-state index in [0.717, 1.165) is 13.0 Å². The Balaban J connectivity index is 2.72. The summed E-state index contributed by atoms with van der Waals surface area (Å²) < 4.78 is 4.93. The van der Waals surface area contributed by atoms with E-state index in [-0.39, 0.29) is 5.38 Å². The standard InChI is InChI=1S/C6H12ClO/c1-3-8-5-4-6(2)7/h3,6H,4-5H2,1-2H3. The molecule has 49 valence electrons. The maximum atomic E-state index is 5.62. The van der Waals surface area contributed by atoms with Crippen LogP contribution in [0.5, 0.6) is 0 Å². The minimum atomic E-state index is 0.231. The molecule has 0 heterocycles. The Hall–Kier alpha value is 0.250. The van der Waals surface area contributed by atoms with E-state index in [1.54, 1.807) is 6.61 Å². The third-order valence-corrected chi connectivity index (χ3v) is 1.02. The zero-order chi connectivity index (χ0) is 6.41. The zero-order valence-electron chi connectivity index (χ0n) is 5.36. The van der Waals surface area contributed by atoms with Crippen LogP contribution < -0.4 is 0 Å². The Morgan fingerprint density at radius 3 is 2.75 bits per heavy atom. The molecule has 0 aliphatic rings. The van der Waals surface area contributed by atoms with Gasteiger partial charge >= 0.3 is 0 Å². The lowest BCUT2D eigenvalue weighted by atomic mass is 10.3. The average molecular weight is 136 g/mol. The summed E-state index contributed by atoms with van der Waals surface area (Å²) in [6.45, 7) is 6.24. The van der Waals surface area contributed by atoms with Crippen molar-refractivity contribution in [3.05, 3.63) is 6.61 Å². The predicted molar refractivity (Wildman–Crippen MR) is 35.9 cm³/mol. The Bertz CT molecular complexity index is 45.8. The molecule has 1 nitrogen and oxygen atoms in total. The van der Waals surface area contributed by atoms with Crippen LogP contribution in [0.4, 0.5) is 0 Å². The van der Waals surface area contributed by atoms with Crippen molar-refractivity contribution in [2.45, 2.75) is 25.6 Å². The lowest BCUT2D eigenvalue weighted by Gasteiger charge is -2.00. The number of hydrogen-bond acceptors (Lipinski definition) is 1. The fourth-order valence-corrected chi connectivity index (χ4v) is 0.437. The average Bonchev–Trinajstić information content (AvgIpc) is 1.66. The molecule has 0 amide bonds. The fourth-order valence-electron chi connectivity index (χ4n) is 0.348. The van der Waals surface area contributed by atoms with Gasteiger partial charge in [0.05, 0.1) is 6.61 Å². The van der Waals surface area contributed by atoms with Crippen LogP contribution in [0.25, 0.3) is 0 Å². The predicted octanol–water partition coefficient (Wildman–Crippen LogP) is 2.20. The van der Waals surface area contributed by atoms with Crippen LogP contribution in [0, 0.1) is 6.61 Å². The molecule has 0 N–H and O–H groups in total. The highest BCUT2D eigenvalue weighted by molar-refractivity contribution is 6.20. The van der Waals surface area contributed by atoms with Gasteiger partial charge < -0.3 is 4.74 Å². The molecule has 1 unspecified atom stereocenters. The topological polar surface area (TPSA) is 9.23 Å². The quantitative estimate of drug-likeness (QED) is 0.424. The van der Waals surface area contributed by atoms with E-state index in [1.807, 2.05) is 13.8 Å². The summed E-state index contributed by atoms with van der Waals surface area (Å²) in [5, 5.41) is 0.231. The van der Waals surface area contributed by atoms with E-state index >= 15 is 0 Å². The second-order valence-electron chi connectivity index (χ2n) is 1.68. The number of hydrogen-bond donors (Lipinski definition) is 0. The fraction of sp³-hybridized carbons (Fsp3) is 0.833. The van der Waals surface area contributed by atoms with Crippen molar-refractivity contribution >= 4 is 11.6 Å². The maximum Gasteiger partial charge on any atom is 0.0805 e. The van der Waals surface area contributed by atoms with Gasteiger partial charge in [-0.05, 0) is 20.3 Å². The molecular weight excluding hydrogens is 124 g/mol. The molecule has 2 heteroatoms. The Morgan fingerprint density at radius 1 is 1.75 bits per heavy atom. The summed E-state index contributed by atoms with van der Waals surface area (Å²) >= 11 is 5.62. The second-order valence-corrected chi connectivity index (χ2v) is 2.42. The van der Waals surface area contributed by atoms with E-state index < -0.39 is 0 Å². The van der Waals surface area contributed by atoms with Crippen molar-refractivity contribution in [2.24, 2.45) is 0 Å². The van der Waals surface area contributed by atoms with E-state index in [1.165, 1.54) is 0 Å². The minimum absolute atomic E-state index is 0.231. The highest BCUT2D eigenvalue weighted by atomic mass is 35.5. The highest BCUT2D eigenvalue weighted by Crippen LogP contribution is 1.99. The molecule has 1 atom stereocenters. The molecule has 8 heavy (non-hydrogen) atoms. The van der Waals surface area contributed by atoms with Crippen molar-refractivity contribution in [1.29, 1.82) is 0 Å². The number of rotatable bonds is 4. The van der Waals surface area contributed by atoms with Crippen LogP contribution >= 0.6 is 11.6 Å². The largest absolute Gasteiger partial charge is 0.376 e. The summed E-state index contributed by atoms with van der Waals surface area (Å²) in [5.41, 5.74) is 0. The molecule has 0 rings (SSSR count). The van der Waals surface area contributed by atoms with Crippen molar-refractivity contribution in [1.82, 2.24) is 0 Å². The molecule has 0 aliphatic carbocycles. The van der Waals surface area contributed by atoms with Crippen molar-refractivity contribution in [3.63, 3.8) is 0 Å². The first-order valence-electron chi connectivity index (χ1n) is 2.81. The van der Waals surface area contributed by atoms with Crippen LogP contribution in [0.2, 0.25) is 0 Å². The van der Waals surface area contributed by atoms with Gasteiger partial charge in [-0.25, -0.2) is 0 Å². The van der Waals surface area contributed by atoms with E-state index in [2.05, 4.69) is 0 Å². The molecule has 0 aromatic rings. The van der Waals surface area contributed by atoms with E-state index in [4.69, 9.17) is 16.3 Å². The van der Waals surface area contributed by atoms with Crippen LogP contribution in [-0.4, -0.2) is 12.0 Å². The normalized spacial score (nSPS) is 13.9. The monoisotopic (exact) mass is 135 g/mol. The van der Waals surface area contributed by atoms with E-state index in [9.17, 15) is 0 Å². The van der Waals surface area contributed by atoms with Gasteiger partial charge in [-0.3, -0.25) is 0 Å². The number of alkyl halides is 1. The lowest BCUT2D eigenvalue weighted by Crippen LogP contribution is -1.97. The van der Waals surface area contributed by atoms with Crippen molar-refractivity contribution < 1.29 is 4.74 Å². The van der Waals surface area contributed by atoms with Crippen molar-refractivity contribution in [2.75, 3.05) is 6.61 Å². The summed E-state index contributed by atoms with van der Waals surface area (Å²) in [6, 6.07) is 0. The van der Waals surface area contributed by atoms with Crippen LogP contribution in [0.1, 0.15) is 20.3 Å². The van der Waals surface area contributed by atoms with Gasteiger partial charge in [0, 0.05) is 12.0 Å². The summed E-state index contributed by atoms with van der Waals surface area (Å²) in [6.07, 6.45) is 0.923. The molecule has 0 aliphatic heterocycles. The van der Waals surface area contributed by atoms with Crippen molar-refractivity contribution in [3.8, 4) is 0 Å². The van der Waals surface area contributed by atoms with E-state index in [0.29, 0.717) is 0 Å². The van der Waals surface area contributed by atoms with Crippen LogP contribution in [0.15, 0.2) is 0 Å². The molecule has 0 aromatic heterocycles. The minimum Gasteiger partial charge on any atom is -0.376 e.